The van der Waals surface area contributed by atoms with E-state index in [0.29, 0.717) is 47.0 Å². The van der Waals surface area contributed by atoms with Crippen LogP contribution in [0, 0.1) is 6.92 Å². The molecule has 0 aliphatic heterocycles. The third-order valence-corrected chi connectivity index (χ3v) is 6.24. The molecule has 198 valence electrons. The summed E-state index contributed by atoms with van der Waals surface area (Å²) >= 11 is 0. The zero-order valence-electron chi connectivity index (χ0n) is 21.1. The normalized spacial score (nSPS) is 11.3. The summed E-state index contributed by atoms with van der Waals surface area (Å²) in [6, 6.07) is 10.1. The zero-order valence-corrected chi connectivity index (χ0v) is 21.1. The van der Waals surface area contributed by atoms with E-state index in [1.165, 1.54) is 26.4 Å². The van der Waals surface area contributed by atoms with E-state index >= 15 is 0 Å². The molecule has 0 unspecified atom stereocenters. The van der Waals surface area contributed by atoms with Crippen LogP contribution in [0.2, 0.25) is 0 Å². The van der Waals surface area contributed by atoms with Gasteiger partial charge in [-0.2, -0.15) is 13.2 Å². The number of carbonyl (C=O) groups is 2. The Balaban J connectivity index is 2.10. The van der Waals surface area contributed by atoms with Gasteiger partial charge >= 0.3 is 12.1 Å². The molecule has 1 amide bonds. The van der Waals surface area contributed by atoms with E-state index in [2.05, 4.69) is 0 Å². The molecule has 0 aliphatic rings. The summed E-state index contributed by atoms with van der Waals surface area (Å²) in [7, 11) is 4.36. The number of hydrogen-bond donors (Lipinski definition) is 1. The lowest BCUT2D eigenvalue weighted by atomic mass is 9.97. The van der Waals surface area contributed by atoms with Crippen molar-refractivity contribution in [3.63, 3.8) is 0 Å². The van der Waals surface area contributed by atoms with Crippen molar-refractivity contribution in [1.29, 1.82) is 0 Å². The fourth-order valence-corrected chi connectivity index (χ4v) is 4.40. The second-order valence-electron chi connectivity index (χ2n) is 8.39. The van der Waals surface area contributed by atoms with Gasteiger partial charge in [-0.05, 0) is 55.2 Å². The van der Waals surface area contributed by atoms with Gasteiger partial charge < -0.3 is 24.5 Å². The number of rotatable bonds is 10. The molecule has 3 rings (SSSR count). The average Bonchev–Trinajstić information content (AvgIpc) is 3.16. The van der Waals surface area contributed by atoms with E-state index in [-0.39, 0.29) is 18.4 Å². The van der Waals surface area contributed by atoms with Crippen molar-refractivity contribution >= 4 is 11.9 Å². The van der Waals surface area contributed by atoms with E-state index in [0.717, 1.165) is 17.7 Å². The lowest BCUT2D eigenvalue weighted by molar-refractivity contribution is -0.140. The van der Waals surface area contributed by atoms with E-state index in [4.69, 9.17) is 19.9 Å². The summed E-state index contributed by atoms with van der Waals surface area (Å²) in [4.78, 5) is 24.5. The highest BCUT2D eigenvalue weighted by molar-refractivity contribution is 6.02. The van der Waals surface area contributed by atoms with Gasteiger partial charge in [-0.1, -0.05) is 18.2 Å². The summed E-state index contributed by atoms with van der Waals surface area (Å²) < 4.78 is 56.8. The molecule has 2 N–H and O–H groups in total. The smallest absolute Gasteiger partial charge is 0.416 e. The Morgan fingerprint density at radius 2 is 1.59 bits per heavy atom. The van der Waals surface area contributed by atoms with Crippen LogP contribution in [0.1, 0.15) is 39.3 Å². The number of esters is 1. The molecule has 0 saturated heterocycles. The molecule has 0 aliphatic carbocycles. The largest absolute Gasteiger partial charge is 0.493 e. The number of aromatic nitrogens is 1. The van der Waals surface area contributed by atoms with Gasteiger partial charge in [-0.25, -0.2) is 0 Å². The number of methoxy groups -OCH3 is 3. The van der Waals surface area contributed by atoms with Crippen LogP contribution in [-0.4, -0.2) is 37.8 Å². The van der Waals surface area contributed by atoms with E-state index < -0.39 is 23.6 Å². The molecule has 37 heavy (non-hydrogen) atoms. The minimum atomic E-state index is -4.50. The van der Waals surface area contributed by atoms with E-state index in [1.807, 2.05) is 16.7 Å². The van der Waals surface area contributed by atoms with Crippen LogP contribution in [0.3, 0.4) is 0 Å². The Hall–Kier alpha value is -3.95. The zero-order chi connectivity index (χ0) is 27.3. The fourth-order valence-electron chi connectivity index (χ4n) is 4.40. The molecule has 0 bridgehead atoms. The lowest BCUT2D eigenvalue weighted by Gasteiger charge is -2.15. The molecule has 1 heterocycles. The summed E-state index contributed by atoms with van der Waals surface area (Å²) in [5, 5.41) is 0. The number of aryl methyl sites for hydroxylation is 1. The first-order valence-corrected chi connectivity index (χ1v) is 11.5. The number of nitrogens with two attached hydrogens (primary N) is 1. The molecule has 0 atom stereocenters. The second kappa shape index (κ2) is 11.4. The number of amides is 1. The molecule has 1 aromatic heterocycles. The Bertz CT molecular complexity index is 1280. The number of halogens is 3. The highest BCUT2D eigenvalue weighted by Crippen LogP contribution is 2.37. The van der Waals surface area contributed by atoms with Gasteiger partial charge in [0.15, 0.2) is 11.5 Å². The van der Waals surface area contributed by atoms with Gasteiger partial charge in [0.1, 0.15) is 0 Å². The van der Waals surface area contributed by atoms with Crippen LogP contribution in [0.5, 0.6) is 11.5 Å². The van der Waals surface area contributed by atoms with Gasteiger partial charge in [0.25, 0.3) is 5.91 Å². The maximum absolute atomic E-state index is 13.1. The highest BCUT2D eigenvalue weighted by atomic mass is 19.4. The van der Waals surface area contributed by atoms with E-state index in [9.17, 15) is 22.8 Å². The first kappa shape index (κ1) is 27.6. The molecule has 7 nitrogen and oxygen atoms in total. The summed E-state index contributed by atoms with van der Waals surface area (Å²) in [6.45, 7) is 2.14. The quantitative estimate of drug-likeness (QED) is 0.384. The summed E-state index contributed by atoms with van der Waals surface area (Å²) in [6.07, 6.45) is -3.75. The van der Waals surface area contributed by atoms with Crippen molar-refractivity contribution in [2.75, 3.05) is 21.3 Å². The minimum Gasteiger partial charge on any atom is -0.493 e. The van der Waals surface area contributed by atoms with Crippen molar-refractivity contribution in [2.45, 2.75) is 38.9 Å². The van der Waals surface area contributed by atoms with Crippen molar-refractivity contribution in [1.82, 2.24) is 4.57 Å². The van der Waals surface area contributed by atoms with Crippen LogP contribution in [-0.2, 0) is 35.1 Å². The lowest BCUT2D eigenvalue weighted by Crippen LogP contribution is -2.14. The van der Waals surface area contributed by atoms with Gasteiger partial charge in [0.2, 0.25) is 0 Å². The van der Waals surface area contributed by atoms with Crippen molar-refractivity contribution in [2.24, 2.45) is 5.73 Å². The SMILES string of the molecule is COC(=O)CCc1c(-c2ccc(C(F)(F)F)cc2)c(C(N)=O)c(C)n1CCc1ccc(OC)c(OC)c1. The van der Waals surface area contributed by atoms with Gasteiger partial charge in [0, 0.05) is 23.5 Å². The van der Waals surface area contributed by atoms with Gasteiger partial charge in [-0.15, -0.1) is 0 Å². The Labute approximate surface area is 212 Å². The molecule has 2 aromatic carbocycles. The molecular formula is C27H29F3N2O5. The topological polar surface area (TPSA) is 92.8 Å². The number of benzene rings is 2. The standard InChI is InChI=1S/C27H29F3N2O5/c1-16-24(26(31)34)25(18-6-8-19(9-7-18)27(28,29)30)20(10-12-23(33)37-4)32(16)14-13-17-5-11-21(35-2)22(15-17)36-3/h5-9,11,15H,10,12-14H2,1-4H3,(H2,31,34). The Kier molecular flexibility index (Phi) is 8.52. The Morgan fingerprint density at radius 1 is 0.946 bits per heavy atom. The monoisotopic (exact) mass is 518 g/mol. The molecule has 0 saturated carbocycles. The molecule has 0 radical (unpaired) electrons. The summed E-state index contributed by atoms with van der Waals surface area (Å²) in [5.41, 5.74) is 8.04. The maximum Gasteiger partial charge on any atom is 0.416 e. The fraction of sp³-hybridized carbons (Fsp3) is 0.333. The minimum absolute atomic E-state index is 0.0160. The predicted molar refractivity (Wildman–Crippen MR) is 132 cm³/mol. The molecule has 0 fully saturated rings. The third-order valence-electron chi connectivity index (χ3n) is 6.24. The number of alkyl halides is 3. The van der Waals surface area contributed by atoms with Gasteiger partial charge in [-0.3, -0.25) is 9.59 Å². The van der Waals surface area contributed by atoms with Crippen LogP contribution >= 0.6 is 0 Å². The molecule has 3 aromatic rings. The van der Waals surface area contributed by atoms with Gasteiger partial charge in [0.05, 0.1) is 38.9 Å². The first-order valence-electron chi connectivity index (χ1n) is 11.5. The number of carbonyl (C=O) groups excluding carboxylic acids is 2. The van der Waals surface area contributed by atoms with Crippen LogP contribution in [0.4, 0.5) is 13.2 Å². The van der Waals surface area contributed by atoms with Crippen LogP contribution in [0.15, 0.2) is 42.5 Å². The summed E-state index contributed by atoms with van der Waals surface area (Å²) in [5.74, 6) is -0.0120. The number of hydrogen-bond acceptors (Lipinski definition) is 5. The van der Waals surface area contributed by atoms with E-state index in [1.54, 1.807) is 20.1 Å². The van der Waals surface area contributed by atoms with Crippen LogP contribution < -0.4 is 15.2 Å². The predicted octanol–water partition coefficient (Wildman–Crippen LogP) is 4.95. The molecule has 0 spiro atoms. The Morgan fingerprint density at radius 3 is 2.14 bits per heavy atom. The van der Waals surface area contributed by atoms with Crippen LogP contribution in [0.25, 0.3) is 11.1 Å². The number of primary amides is 1. The van der Waals surface area contributed by atoms with Crippen molar-refractivity contribution < 1.29 is 37.0 Å². The maximum atomic E-state index is 13.1. The van der Waals surface area contributed by atoms with Crippen molar-refractivity contribution in [3.05, 3.63) is 70.5 Å². The second-order valence-corrected chi connectivity index (χ2v) is 8.39. The third kappa shape index (κ3) is 6.07. The average molecular weight is 519 g/mol. The molecule has 10 heteroatoms. The first-order chi connectivity index (χ1) is 17.5. The van der Waals surface area contributed by atoms with Crippen molar-refractivity contribution in [3.8, 4) is 22.6 Å². The number of nitrogens with zero attached hydrogens (tertiary/aromatic N) is 1. The highest BCUT2D eigenvalue weighted by Gasteiger charge is 2.31. The number of ether oxygens (including phenoxy) is 3. The molecular weight excluding hydrogens is 489 g/mol.